The summed E-state index contributed by atoms with van der Waals surface area (Å²) in [4.78, 5) is 0. The van der Waals surface area contributed by atoms with Crippen molar-refractivity contribution < 1.29 is 20.4 Å². The van der Waals surface area contributed by atoms with Crippen molar-refractivity contribution in [1.29, 1.82) is 0 Å². The van der Waals surface area contributed by atoms with Crippen LogP contribution < -0.4 is 0 Å². The molecule has 0 bridgehead atoms. The van der Waals surface area contributed by atoms with Crippen LogP contribution in [-0.2, 0) is 20.4 Å². The Bertz CT molecular complexity index is 1280. The number of halogens is 2. The van der Waals surface area contributed by atoms with E-state index in [1.807, 2.05) is 3.28 Å². The zero-order chi connectivity index (χ0) is 21.7. The fraction of sp³-hybridized carbons (Fsp3) is 0.241. The van der Waals surface area contributed by atoms with Crippen molar-refractivity contribution in [2.75, 3.05) is 0 Å². The Kier molecular flexibility index (Phi) is 8.50. The first-order valence-electron chi connectivity index (χ1n) is 11.3. The third-order valence-electron chi connectivity index (χ3n) is 7.15. The summed E-state index contributed by atoms with van der Waals surface area (Å²) in [6.07, 6.45) is 2.52. The van der Waals surface area contributed by atoms with E-state index in [1.54, 1.807) is 22.3 Å². The predicted molar refractivity (Wildman–Crippen MR) is 148 cm³/mol. The van der Waals surface area contributed by atoms with Crippen molar-refractivity contribution in [1.82, 2.24) is 0 Å². The van der Waals surface area contributed by atoms with Gasteiger partial charge in [0.05, 0.1) is 0 Å². The van der Waals surface area contributed by atoms with E-state index in [4.69, 9.17) is 0 Å². The van der Waals surface area contributed by atoms with Crippen molar-refractivity contribution >= 4 is 41.9 Å². The number of hydrogen-bond acceptors (Lipinski definition) is 0. The maximum Gasteiger partial charge on any atom is -0.147 e. The molecule has 3 aromatic carbocycles. The van der Waals surface area contributed by atoms with Gasteiger partial charge < -0.3 is 0 Å². The fourth-order valence-electron chi connectivity index (χ4n) is 5.79. The molecule has 2 aliphatic carbocycles. The molecule has 4 heteroatoms. The summed E-state index contributed by atoms with van der Waals surface area (Å²) in [5, 5.41) is 0. The molecule has 0 radical (unpaired) electrons. The molecule has 0 aliphatic heterocycles. The summed E-state index contributed by atoms with van der Waals surface area (Å²) in [6.45, 7) is 12.5. The summed E-state index contributed by atoms with van der Waals surface area (Å²) in [6, 6.07) is 27.1. The van der Waals surface area contributed by atoms with E-state index >= 15 is 0 Å². The first-order chi connectivity index (χ1) is 15.0. The van der Waals surface area contributed by atoms with Gasteiger partial charge in [0, 0.05) is 0 Å². The van der Waals surface area contributed by atoms with E-state index in [0.29, 0.717) is 9.54 Å². The third kappa shape index (κ3) is 4.45. The molecular weight excluding hydrogens is 539 g/mol. The molecule has 0 aromatic heterocycles. The minimum Gasteiger partial charge on any atom is -0.147 e. The average Bonchev–Trinajstić information content (AvgIpc) is 3.24. The molecule has 0 saturated heterocycles. The van der Waals surface area contributed by atoms with Crippen molar-refractivity contribution in [2.24, 2.45) is 0 Å². The molecule has 5 rings (SSSR count). The molecule has 2 aliphatic rings. The van der Waals surface area contributed by atoms with Gasteiger partial charge in [0.1, 0.15) is 0 Å². The Morgan fingerprint density at radius 2 is 1.33 bits per heavy atom. The Balaban J connectivity index is 0.00000153. The number of benzene rings is 3. The predicted octanol–water partition coefficient (Wildman–Crippen LogP) is 9.07. The summed E-state index contributed by atoms with van der Waals surface area (Å²) < 4.78 is 2.57. The largest absolute Gasteiger partial charge is 0.147 e. The van der Waals surface area contributed by atoms with Gasteiger partial charge in [-0.15, -0.1) is 24.8 Å². The monoisotopic (exact) mass is 568 g/mol. The normalized spacial score (nSPS) is 18.0. The molecule has 0 fully saturated rings. The van der Waals surface area contributed by atoms with Gasteiger partial charge in [0.2, 0.25) is 0 Å². The van der Waals surface area contributed by atoms with Crippen molar-refractivity contribution in [3.05, 3.63) is 104 Å². The smallest absolute Gasteiger partial charge is 0.147 e. The molecule has 3 aromatic rings. The maximum atomic E-state index is 2.60. The molecule has 0 spiro atoms. The molecule has 170 valence electrons. The molecule has 0 nitrogen and oxygen atoms in total. The van der Waals surface area contributed by atoms with Crippen LogP contribution >= 0.6 is 24.8 Å². The number of hydrogen-bond donors (Lipinski definition) is 0. The third-order valence-corrected chi connectivity index (χ3v) is 26.2. The van der Waals surface area contributed by atoms with E-state index in [0.717, 1.165) is 0 Å². The quantitative estimate of drug-likeness (QED) is 0.276. The van der Waals surface area contributed by atoms with Gasteiger partial charge in [0.25, 0.3) is 0 Å². The van der Waals surface area contributed by atoms with Gasteiger partial charge >= 0.3 is 196 Å². The molecular formula is C29H32Cl2SiZr. The van der Waals surface area contributed by atoms with Crippen molar-refractivity contribution in [3.8, 4) is 11.1 Å². The Labute approximate surface area is 219 Å². The second-order valence-electron chi connectivity index (χ2n) is 9.26. The number of fused-ring (bicyclic) bond motifs is 2. The van der Waals surface area contributed by atoms with Crippen LogP contribution in [0.4, 0.5) is 0 Å². The van der Waals surface area contributed by atoms with Crippen molar-refractivity contribution in [3.63, 3.8) is 0 Å². The number of allylic oxidation sites excluding steroid dienone is 3. The van der Waals surface area contributed by atoms with E-state index in [9.17, 15) is 0 Å². The number of rotatable bonds is 3. The SMILES string of the molecule is CC1=Cc2c(-c3ccccc3)cccc2[CH]1[Zr]([C]1=C(C)c2ccccc2C1C)=[Si](C)C.Cl.Cl. The Hall–Kier alpha value is -1.18. The van der Waals surface area contributed by atoms with E-state index < -0.39 is 20.4 Å². The van der Waals surface area contributed by atoms with Crippen LogP contribution in [0, 0.1) is 0 Å². The van der Waals surface area contributed by atoms with Crippen LogP contribution in [0.2, 0.25) is 13.1 Å². The summed E-state index contributed by atoms with van der Waals surface area (Å²) in [5.74, 6) is 0.597. The first kappa shape index (κ1) is 26.4. The topological polar surface area (TPSA) is 0 Å². The van der Waals surface area contributed by atoms with E-state index in [2.05, 4.69) is 113 Å². The second kappa shape index (κ2) is 10.6. The summed E-state index contributed by atoms with van der Waals surface area (Å²) >= 11 is -1.97. The van der Waals surface area contributed by atoms with Gasteiger partial charge in [-0.2, -0.15) is 0 Å². The van der Waals surface area contributed by atoms with Gasteiger partial charge in [-0.1, -0.05) is 0 Å². The maximum absolute atomic E-state index is 2.60. The standard InChI is InChI=1S/C16H13.C11H11.C2H6Si.2ClH.Zr/c1-12-10-14-8-5-9-15(16(14)11-12)13-6-3-2-4-7-13;1-8-7-9(2)11-6-4-3-5-10(8)11;1-3-2;;;/h2-11H,1H3;3-6,8H,1-2H3;1-2H3;2*1H;. The van der Waals surface area contributed by atoms with Crippen LogP contribution in [0.1, 0.15) is 52.6 Å². The van der Waals surface area contributed by atoms with E-state index in [-0.39, 0.29) is 30.2 Å². The van der Waals surface area contributed by atoms with Crippen molar-refractivity contribution in [2.45, 2.75) is 43.4 Å². The van der Waals surface area contributed by atoms with Crippen LogP contribution in [0.3, 0.4) is 0 Å². The van der Waals surface area contributed by atoms with Gasteiger partial charge in [-0.3, -0.25) is 0 Å². The Morgan fingerprint density at radius 3 is 2.00 bits per heavy atom. The van der Waals surface area contributed by atoms with Gasteiger partial charge in [-0.05, 0) is 0 Å². The first-order valence-corrected chi connectivity index (χ1v) is 20.2. The second-order valence-corrected chi connectivity index (χ2v) is 26.6. The molecule has 0 amide bonds. The zero-order valence-electron chi connectivity index (χ0n) is 20.0. The molecule has 0 heterocycles. The Morgan fingerprint density at radius 1 is 0.727 bits per heavy atom. The summed E-state index contributed by atoms with van der Waals surface area (Å²) in [7, 11) is 0. The van der Waals surface area contributed by atoms with Crippen LogP contribution in [0.25, 0.3) is 22.8 Å². The fourth-order valence-corrected chi connectivity index (χ4v) is 26.1. The molecule has 2 atom stereocenters. The minimum atomic E-state index is -1.97. The van der Waals surface area contributed by atoms with E-state index in [1.165, 1.54) is 22.3 Å². The average molecular weight is 571 g/mol. The molecule has 33 heavy (non-hydrogen) atoms. The van der Waals surface area contributed by atoms with Crippen LogP contribution in [0.5, 0.6) is 0 Å². The van der Waals surface area contributed by atoms with Crippen LogP contribution in [0.15, 0.2) is 81.7 Å². The summed E-state index contributed by atoms with van der Waals surface area (Å²) in [5.41, 5.74) is 11.8. The zero-order valence-corrected chi connectivity index (χ0v) is 25.1. The van der Waals surface area contributed by atoms with Crippen LogP contribution in [-0.4, -0.2) is 5.43 Å². The molecule has 2 unspecified atom stereocenters. The molecule has 0 N–H and O–H groups in total. The van der Waals surface area contributed by atoms with Gasteiger partial charge in [-0.25, -0.2) is 0 Å². The minimum absolute atomic E-state index is 0. The van der Waals surface area contributed by atoms with Gasteiger partial charge in [0.15, 0.2) is 0 Å². The molecule has 0 saturated carbocycles.